The zero-order valence-corrected chi connectivity index (χ0v) is 15.8. The molecule has 2 N–H and O–H groups in total. The highest BCUT2D eigenvalue weighted by atomic mass is 15.3. The molecular weight excluding hydrogens is 308 g/mol. The predicted molar refractivity (Wildman–Crippen MR) is 108 cm³/mol. The molecule has 0 unspecified atom stereocenters. The summed E-state index contributed by atoms with van der Waals surface area (Å²) in [5, 5.41) is 0. The van der Waals surface area contributed by atoms with Crippen LogP contribution in [0.25, 0.3) is 0 Å². The zero-order valence-electron chi connectivity index (χ0n) is 15.8. The van der Waals surface area contributed by atoms with Crippen LogP contribution in [-0.2, 0) is 0 Å². The number of piperidine rings is 1. The summed E-state index contributed by atoms with van der Waals surface area (Å²) in [5.41, 5.74) is 9.22. The largest absolute Gasteiger partial charge is 0.399 e. The molecule has 0 bridgehead atoms. The highest BCUT2D eigenvalue weighted by molar-refractivity contribution is 5.53. The van der Waals surface area contributed by atoms with Gasteiger partial charge < -0.3 is 10.6 Å². The second kappa shape index (κ2) is 8.72. The summed E-state index contributed by atoms with van der Waals surface area (Å²) in [7, 11) is 0. The standard InChI is InChI=1S/C21H34N4/c1-18(2)17-24-11-8-19(9-12-24)7-10-23-13-15-25(16-14-23)21-5-3-20(22)4-6-21/h3-6,19H,1,7-17,22H2,2H3. The van der Waals surface area contributed by atoms with Crippen LogP contribution in [0.3, 0.4) is 0 Å². The van der Waals surface area contributed by atoms with Gasteiger partial charge in [0.2, 0.25) is 0 Å². The fourth-order valence-corrected chi connectivity index (χ4v) is 4.09. The maximum Gasteiger partial charge on any atom is 0.0368 e. The minimum Gasteiger partial charge on any atom is -0.399 e. The van der Waals surface area contributed by atoms with Crippen LogP contribution in [-0.4, -0.2) is 62.2 Å². The van der Waals surface area contributed by atoms with Crippen LogP contribution in [0, 0.1) is 5.92 Å². The van der Waals surface area contributed by atoms with Gasteiger partial charge >= 0.3 is 0 Å². The third-order valence-corrected chi connectivity index (χ3v) is 5.68. The molecule has 0 atom stereocenters. The van der Waals surface area contributed by atoms with Gasteiger partial charge in [0.25, 0.3) is 0 Å². The fraction of sp³-hybridized carbons (Fsp3) is 0.619. The molecule has 0 aromatic heterocycles. The van der Waals surface area contributed by atoms with Gasteiger partial charge in [-0.3, -0.25) is 9.80 Å². The van der Waals surface area contributed by atoms with Crippen molar-refractivity contribution in [3.63, 3.8) is 0 Å². The van der Waals surface area contributed by atoms with Gasteiger partial charge in [0.15, 0.2) is 0 Å². The van der Waals surface area contributed by atoms with E-state index in [2.05, 4.69) is 40.3 Å². The van der Waals surface area contributed by atoms with E-state index in [0.29, 0.717) is 0 Å². The summed E-state index contributed by atoms with van der Waals surface area (Å²) >= 11 is 0. The summed E-state index contributed by atoms with van der Waals surface area (Å²) in [4.78, 5) is 7.68. The maximum atomic E-state index is 5.79. The molecular formula is C21H34N4. The minimum atomic E-state index is 0.844. The first-order valence-electron chi connectivity index (χ1n) is 9.80. The molecule has 0 spiro atoms. The summed E-state index contributed by atoms with van der Waals surface area (Å²) in [6, 6.07) is 8.29. The van der Waals surface area contributed by atoms with Gasteiger partial charge in [0, 0.05) is 44.1 Å². The third-order valence-electron chi connectivity index (χ3n) is 5.68. The number of nitrogens with zero attached hydrogens (tertiary/aromatic N) is 3. The van der Waals surface area contributed by atoms with Crippen LogP contribution in [0.15, 0.2) is 36.4 Å². The van der Waals surface area contributed by atoms with Crippen molar-refractivity contribution in [2.45, 2.75) is 26.2 Å². The summed E-state index contributed by atoms with van der Waals surface area (Å²) in [6.07, 6.45) is 4.08. The van der Waals surface area contributed by atoms with Crippen molar-refractivity contribution < 1.29 is 0 Å². The van der Waals surface area contributed by atoms with Crippen molar-refractivity contribution in [1.82, 2.24) is 9.80 Å². The lowest BCUT2D eigenvalue weighted by atomic mass is 9.93. The molecule has 2 saturated heterocycles. The Kier molecular flexibility index (Phi) is 6.38. The Bertz CT molecular complexity index is 538. The Morgan fingerprint density at radius 1 is 1.00 bits per heavy atom. The van der Waals surface area contributed by atoms with E-state index < -0.39 is 0 Å². The Balaban J connectivity index is 1.34. The smallest absolute Gasteiger partial charge is 0.0368 e. The first-order chi connectivity index (χ1) is 12.1. The molecule has 1 aromatic rings. The van der Waals surface area contributed by atoms with Gasteiger partial charge in [-0.2, -0.15) is 0 Å². The molecule has 4 heteroatoms. The fourth-order valence-electron chi connectivity index (χ4n) is 4.09. The quantitative estimate of drug-likeness (QED) is 0.637. The van der Waals surface area contributed by atoms with Crippen LogP contribution in [0.2, 0.25) is 0 Å². The monoisotopic (exact) mass is 342 g/mol. The van der Waals surface area contributed by atoms with Crippen LogP contribution in [0.5, 0.6) is 0 Å². The number of nitrogens with two attached hydrogens (primary N) is 1. The number of hydrogen-bond acceptors (Lipinski definition) is 4. The number of likely N-dealkylation sites (tertiary alicyclic amines) is 1. The summed E-state index contributed by atoms with van der Waals surface area (Å²) in [5.74, 6) is 0.913. The first kappa shape index (κ1) is 18.3. The van der Waals surface area contributed by atoms with E-state index in [-0.39, 0.29) is 0 Å². The average Bonchev–Trinajstić information content (AvgIpc) is 2.62. The first-order valence-corrected chi connectivity index (χ1v) is 9.80. The molecule has 1 aromatic carbocycles. The van der Waals surface area contributed by atoms with E-state index >= 15 is 0 Å². The Morgan fingerprint density at radius 2 is 1.64 bits per heavy atom. The molecule has 2 aliphatic rings. The second-order valence-corrected chi connectivity index (χ2v) is 7.89. The Labute approximate surface area is 153 Å². The lowest BCUT2D eigenvalue weighted by molar-refractivity contribution is 0.170. The normalized spacial score (nSPS) is 20.8. The predicted octanol–water partition coefficient (Wildman–Crippen LogP) is 3.07. The lowest BCUT2D eigenvalue weighted by Crippen LogP contribution is -2.47. The Morgan fingerprint density at radius 3 is 2.24 bits per heavy atom. The third kappa shape index (κ3) is 5.48. The molecule has 0 amide bonds. The number of anilines is 2. The number of hydrogen-bond donors (Lipinski definition) is 1. The van der Waals surface area contributed by atoms with Crippen molar-refractivity contribution in [2.24, 2.45) is 5.92 Å². The number of nitrogen functional groups attached to an aromatic ring is 1. The number of rotatable bonds is 6. The second-order valence-electron chi connectivity index (χ2n) is 7.89. The van der Waals surface area contributed by atoms with Crippen LogP contribution < -0.4 is 10.6 Å². The topological polar surface area (TPSA) is 35.7 Å². The van der Waals surface area contributed by atoms with Crippen molar-refractivity contribution in [3.05, 3.63) is 36.4 Å². The number of piperazine rings is 1. The van der Waals surface area contributed by atoms with Gasteiger partial charge in [-0.1, -0.05) is 12.2 Å². The average molecular weight is 343 g/mol. The molecule has 0 saturated carbocycles. The maximum absolute atomic E-state index is 5.79. The molecule has 0 aliphatic carbocycles. The highest BCUT2D eigenvalue weighted by Gasteiger charge is 2.21. The molecule has 4 nitrogen and oxygen atoms in total. The van der Waals surface area contributed by atoms with E-state index in [1.165, 1.54) is 63.2 Å². The van der Waals surface area contributed by atoms with Crippen LogP contribution in [0.4, 0.5) is 11.4 Å². The zero-order chi connectivity index (χ0) is 17.6. The Hall–Kier alpha value is -1.52. The van der Waals surface area contributed by atoms with Crippen molar-refractivity contribution in [3.8, 4) is 0 Å². The van der Waals surface area contributed by atoms with E-state index in [9.17, 15) is 0 Å². The minimum absolute atomic E-state index is 0.844. The molecule has 2 aliphatic heterocycles. The van der Waals surface area contributed by atoms with Crippen molar-refractivity contribution in [1.29, 1.82) is 0 Å². The SMILES string of the molecule is C=C(C)CN1CCC(CCN2CCN(c3ccc(N)cc3)CC2)CC1. The van der Waals surface area contributed by atoms with Gasteiger partial charge in [-0.25, -0.2) is 0 Å². The van der Waals surface area contributed by atoms with E-state index in [4.69, 9.17) is 5.73 Å². The van der Waals surface area contributed by atoms with E-state index in [1.807, 2.05) is 12.1 Å². The van der Waals surface area contributed by atoms with Crippen LogP contribution >= 0.6 is 0 Å². The molecule has 0 radical (unpaired) electrons. The highest BCUT2D eigenvalue weighted by Crippen LogP contribution is 2.22. The van der Waals surface area contributed by atoms with Gasteiger partial charge in [0.1, 0.15) is 0 Å². The molecule has 25 heavy (non-hydrogen) atoms. The molecule has 2 heterocycles. The molecule has 3 rings (SSSR count). The number of benzene rings is 1. The van der Waals surface area contributed by atoms with Gasteiger partial charge in [-0.15, -0.1) is 0 Å². The van der Waals surface area contributed by atoms with Gasteiger partial charge in [-0.05, 0) is 76.0 Å². The molecule has 2 fully saturated rings. The van der Waals surface area contributed by atoms with Crippen molar-refractivity contribution >= 4 is 11.4 Å². The van der Waals surface area contributed by atoms with E-state index in [0.717, 1.165) is 31.2 Å². The van der Waals surface area contributed by atoms with Crippen LogP contribution in [0.1, 0.15) is 26.2 Å². The summed E-state index contributed by atoms with van der Waals surface area (Å²) < 4.78 is 0. The molecule has 138 valence electrons. The summed E-state index contributed by atoms with van der Waals surface area (Å²) in [6.45, 7) is 15.6. The van der Waals surface area contributed by atoms with E-state index in [1.54, 1.807) is 0 Å². The van der Waals surface area contributed by atoms with Gasteiger partial charge in [0.05, 0.1) is 0 Å². The lowest BCUT2D eigenvalue weighted by Gasteiger charge is -2.37. The van der Waals surface area contributed by atoms with Crippen molar-refractivity contribution in [2.75, 3.05) is 63.0 Å².